The van der Waals surface area contributed by atoms with Crippen molar-refractivity contribution in [2.75, 3.05) is 18.5 Å². The topological polar surface area (TPSA) is 77.5 Å². The molecule has 1 aromatic heterocycles. The molecule has 2 aliphatic carbocycles. The summed E-state index contributed by atoms with van der Waals surface area (Å²) in [7, 11) is 0. The van der Waals surface area contributed by atoms with Crippen molar-refractivity contribution in [1.82, 2.24) is 4.98 Å². The van der Waals surface area contributed by atoms with E-state index in [0.29, 0.717) is 18.9 Å². The monoisotopic (exact) mass is 342 g/mol. The van der Waals surface area contributed by atoms with Crippen LogP contribution in [0.2, 0.25) is 0 Å². The number of fused-ring (bicyclic) bond motifs is 2. The average molecular weight is 342 g/mol. The number of hydrogen-bond donors (Lipinski definition) is 1. The molecule has 6 nitrogen and oxygen atoms in total. The van der Waals surface area contributed by atoms with Crippen LogP contribution in [-0.2, 0) is 19.7 Å². The van der Waals surface area contributed by atoms with E-state index >= 15 is 0 Å². The minimum Gasteiger partial charge on any atom is -0.348 e. The molecule has 2 saturated carbocycles. The largest absolute Gasteiger partial charge is 0.348 e. The van der Waals surface area contributed by atoms with Crippen molar-refractivity contribution in [3.8, 4) is 0 Å². The molecule has 3 fully saturated rings. The summed E-state index contributed by atoms with van der Waals surface area (Å²) in [6, 6.07) is 3.50. The van der Waals surface area contributed by atoms with Gasteiger partial charge in [-0.2, -0.15) is 0 Å². The Morgan fingerprint density at radius 3 is 2.44 bits per heavy atom. The highest BCUT2D eigenvalue weighted by Crippen LogP contribution is 2.65. The van der Waals surface area contributed by atoms with Gasteiger partial charge in [-0.05, 0) is 43.2 Å². The maximum atomic E-state index is 12.7. The number of Topliss-reactive ketones (excluding diaryl/α,β-unsaturated/α-hetero) is 1. The molecule has 132 valence electrons. The maximum Gasteiger partial charge on any atom is 0.236 e. The van der Waals surface area contributed by atoms with Gasteiger partial charge in [-0.15, -0.1) is 0 Å². The summed E-state index contributed by atoms with van der Waals surface area (Å²) in [5.74, 6) is -0.402. The molecule has 0 atom stereocenters. The van der Waals surface area contributed by atoms with Crippen molar-refractivity contribution in [1.29, 1.82) is 0 Å². The van der Waals surface area contributed by atoms with Gasteiger partial charge in [-0.25, -0.2) is 4.98 Å². The Morgan fingerprint density at radius 2 is 1.80 bits per heavy atom. The van der Waals surface area contributed by atoms with Gasteiger partial charge in [0.1, 0.15) is 5.69 Å². The number of carbonyl (C=O) groups is 2. The summed E-state index contributed by atoms with van der Waals surface area (Å²) in [6.45, 7) is 2.88. The number of anilines is 1. The van der Waals surface area contributed by atoms with Gasteiger partial charge < -0.3 is 14.8 Å². The number of aromatic nitrogens is 1. The molecule has 2 aliphatic heterocycles. The lowest BCUT2D eigenvalue weighted by molar-refractivity contribution is -0.204. The van der Waals surface area contributed by atoms with Gasteiger partial charge in [0.05, 0.1) is 30.0 Å². The lowest BCUT2D eigenvalue weighted by Gasteiger charge is -2.57. The predicted molar refractivity (Wildman–Crippen MR) is 89.3 cm³/mol. The molecule has 3 spiro atoms. The summed E-state index contributed by atoms with van der Waals surface area (Å²) >= 11 is 0. The Hall–Kier alpha value is -1.79. The van der Waals surface area contributed by atoms with Crippen LogP contribution in [-0.4, -0.2) is 35.7 Å². The number of nitrogens with zero attached hydrogens (tertiary/aromatic N) is 1. The quantitative estimate of drug-likeness (QED) is 0.794. The zero-order chi connectivity index (χ0) is 17.3. The number of nitrogens with one attached hydrogen (secondary N) is 1. The van der Waals surface area contributed by atoms with Crippen LogP contribution in [0.15, 0.2) is 12.1 Å². The van der Waals surface area contributed by atoms with Crippen LogP contribution in [0.1, 0.15) is 61.6 Å². The molecular weight excluding hydrogens is 320 g/mol. The number of amides is 1. The van der Waals surface area contributed by atoms with Gasteiger partial charge in [-0.1, -0.05) is 0 Å². The maximum absolute atomic E-state index is 12.7. The average Bonchev–Trinajstić information content (AvgIpc) is 3.13. The second-order valence-corrected chi connectivity index (χ2v) is 8.15. The molecule has 1 N–H and O–H groups in total. The molecule has 0 bridgehead atoms. The Morgan fingerprint density at radius 1 is 1.12 bits per heavy atom. The fourth-order valence-electron chi connectivity index (χ4n) is 5.33. The first-order valence-corrected chi connectivity index (χ1v) is 9.08. The molecule has 5 rings (SSSR count). The second-order valence-electron chi connectivity index (χ2n) is 8.15. The summed E-state index contributed by atoms with van der Waals surface area (Å²) in [5.41, 5.74) is 1.59. The fourth-order valence-corrected chi connectivity index (χ4v) is 5.33. The molecular formula is C19H22N2O4. The van der Waals surface area contributed by atoms with Gasteiger partial charge >= 0.3 is 0 Å². The number of rotatable bonds is 1. The Balaban J connectivity index is 1.40. The van der Waals surface area contributed by atoms with Crippen LogP contribution in [0.25, 0.3) is 0 Å². The van der Waals surface area contributed by atoms with E-state index in [0.717, 1.165) is 49.9 Å². The lowest BCUT2D eigenvalue weighted by Crippen LogP contribution is -2.56. The molecule has 3 heterocycles. The second kappa shape index (κ2) is 4.89. The predicted octanol–water partition coefficient (Wildman–Crippen LogP) is 2.57. The number of hydrogen-bond acceptors (Lipinski definition) is 5. The van der Waals surface area contributed by atoms with Gasteiger partial charge in [0.25, 0.3) is 0 Å². The first-order chi connectivity index (χ1) is 12.0. The minimum absolute atomic E-state index is 0.0370. The molecule has 1 amide bonds. The van der Waals surface area contributed by atoms with Crippen molar-refractivity contribution < 1.29 is 19.1 Å². The Kier molecular flexibility index (Phi) is 3.02. The standard InChI is InChI=1S/C19H22N2O4/c1-12(22)13-2-3-14-15(20-13)18(16(23)21-14)10-17(11-18)4-6-19(7-5-17)24-8-9-25-19/h2-3H,4-11H2,1H3,(H,21,23). The van der Waals surface area contributed by atoms with Crippen molar-refractivity contribution in [2.45, 2.75) is 56.7 Å². The number of pyridine rings is 1. The van der Waals surface area contributed by atoms with E-state index in [1.54, 1.807) is 6.07 Å². The van der Waals surface area contributed by atoms with Crippen LogP contribution < -0.4 is 5.32 Å². The summed E-state index contributed by atoms with van der Waals surface area (Å²) in [6.07, 6.45) is 5.46. The van der Waals surface area contributed by atoms with Crippen LogP contribution >= 0.6 is 0 Å². The normalized spacial score (nSPS) is 27.3. The third kappa shape index (κ3) is 2.07. The third-order valence-electron chi connectivity index (χ3n) is 6.63. The van der Waals surface area contributed by atoms with Gasteiger partial charge in [-0.3, -0.25) is 9.59 Å². The van der Waals surface area contributed by atoms with Crippen molar-refractivity contribution >= 4 is 17.4 Å². The smallest absolute Gasteiger partial charge is 0.236 e. The SMILES string of the molecule is CC(=O)c1ccc2c(n1)C1(CC3(CCC4(CC3)OCCO4)C1)C(=O)N2. The molecule has 0 radical (unpaired) electrons. The highest BCUT2D eigenvalue weighted by Gasteiger charge is 2.65. The zero-order valence-electron chi connectivity index (χ0n) is 14.4. The van der Waals surface area contributed by atoms with Crippen molar-refractivity contribution in [2.24, 2.45) is 5.41 Å². The van der Waals surface area contributed by atoms with E-state index in [1.165, 1.54) is 6.92 Å². The lowest BCUT2D eigenvalue weighted by atomic mass is 9.47. The van der Waals surface area contributed by atoms with E-state index in [9.17, 15) is 9.59 Å². The summed E-state index contributed by atoms with van der Waals surface area (Å²) in [5, 5.41) is 2.96. The molecule has 0 unspecified atom stereocenters. The summed E-state index contributed by atoms with van der Waals surface area (Å²) < 4.78 is 11.7. The minimum atomic E-state index is -0.553. The zero-order valence-corrected chi connectivity index (χ0v) is 14.4. The number of ketones is 1. The molecule has 1 aromatic rings. The van der Waals surface area contributed by atoms with Crippen molar-refractivity contribution in [3.63, 3.8) is 0 Å². The Bertz CT molecular complexity index is 764. The van der Waals surface area contributed by atoms with E-state index in [2.05, 4.69) is 10.3 Å². The molecule has 1 saturated heterocycles. The first-order valence-electron chi connectivity index (χ1n) is 9.08. The van der Waals surface area contributed by atoms with E-state index in [1.807, 2.05) is 6.07 Å². The Labute approximate surface area is 146 Å². The first kappa shape index (κ1) is 15.5. The number of carbonyl (C=O) groups excluding carboxylic acids is 2. The van der Waals surface area contributed by atoms with Gasteiger partial charge in [0.2, 0.25) is 5.91 Å². The van der Waals surface area contributed by atoms with Crippen LogP contribution in [0.3, 0.4) is 0 Å². The fraction of sp³-hybridized carbons (Fsp3) is 0.632. The van der Waals surface area contributed by atoms with E-state index in [-0.39, 0.29) is 22.9 Å². The molecule has 25 heavy (non-hydrogen) atoms. The third-order valence-corrected chi connectivity index (χ3v) is 6.63. The number of ether oxygens (including phenoxy) is 2. The van der Waals surface area contributed by atoms with E-state index < -0.39 is 5.41 Å². The highest BCUT2D eigenvalue weighted by molar-refractivity contribution is 6.07. The highest BCUT2D eigenvalue weighted by atomic mass is 16.7. The van der Waals surface area contributed by atoms with Crippen LogP contribution in [0, 0.1) is 5.41 Å². The summed E-state index contributed by atoms with van der Waals surface area (Å²) in [4.78, 5) is 28.9. The molecule has 6 heteroatoms. The van der Waals surface area contributed by atoms with E-state index in [4.69, 9.17) is 9.47 Å². The van der Waals surface area contributed by atoms with Gasteiger partial charge in [0, 0.05) is 19.8 Å². The van der Waals surface area contributed by atoms with Crippen LogP contribution in [0.5, 0.6) is 0 Å². The molecule has 4 aliphatic rings. The van der Waals surface area contributed by atoms with Crippen LogP contribution in [0.4, 0.5) is 5.69 Å². The molecule has 0 aromatic carbocycles. The van der Waals surface area contributed by atoms with Gasteiger partial charge in [0.15, 0.2) is 11.6 Å². The van der Waals surface area contributed by atoms with Crippen molar-refractivity contribution in [3.05, 3.63) is 23.5 Å².